The lowest BCUT2D eigenvalue weighted by atomic mass is 9.85. The second-order valence-electron chi connectivity index (χ2n) is 6.26. The summed E-state index contributed by atoms with van der Waals surface area (Å²) in [5, 5.41) is 10.8. The summed E-state index contributed by atoms with van der Waals surface area (Å²) in [7, 11) is 3.59. The van der Waals surface area contributed by atoms with Gasteiger partial charge in [-0.2, -0.15) is 5.26 Å². The van der Waals surface area contributed by atoms with Gasteiger partial charge in [-0.1, -0.05) is 0 Å². The predicted octanol–water partition coefficient (Wildman–Crippen LogP) is 0.994. The van der Waals surface area contributed by atoms with E-state index in [1.807, 2.05) is 5.01 Å². The van der Waals surface area contributed by atoms with Crippen LogP contribution in [0.15, 0.2) is 0 Å². The largest absolute Gasteiger partial charge is 0.349 e. The molecule has 0 aromatic heterocycles. The van der Waals surface area contributed by atoms with E-state index in [4.69, 9.17) is 0 Å². The van der Waals surface area contributed by atoms with E-state index in [0.717, 1.165) is 25.7 Å². The SMILES string of the molecule is CC(=O)[C@H]1SCC(C#N)N1NC1CCC(C(=O)N(C)C)CC1. The number of hydrogen-bond donors (Lipinski definition) is 1. The molecule has 0 aromatic carbocycles. The highest BCUT2D eigenvalue weighted by Crippen LogP contribution is 2.31. The first-order valence-electron chi connectivity index (χ1n) is 7.71. The van der Waals surface area contributed by atoms with Gasteiger partial charge < -0.3 is 4.90 Å². The third-order valence-corrected chi connectivity index (χ3v) is 5.73. The van der Waals surface area contributed by atoms with Crippen molar-refractivity contribution >= 4 is 23.5 Å². The Hall–Kier alpha value is -1.10. The predicted molar refractivity (Wildman–Crippen MR) is 85.7 cm³/mol. The van der Waals surface area contributed by atoms with Gasteiger partial charge in [-0.3, -0.25) is 9.59 Å². The van der Waals surface area contributed by atoms with Gasteiger partial charge in [-0.15, -0.1) is 11.8 Å². The first-order chi connectivity index (χ1) is 10.4. The molecule has 6 nitrogen and oxygen atoms in total. The van der Waals surface area contributed by atoms with Gasteiger partial charge in [0, 0.05) is 31.8 Å². The molecule has 1 amide bonds. The number of ketones is 1. The summed E-state index contributed by atoms with van der Waals surface area (Å²) in [4.78, 5) is 25.4. The third kappa shape index (κ3) is 3.80. The molecule has 0 aromatic rings. The molecule has 2 atom stereocenters. The van der Waals surface area contributed by atoms with Crippen LogP contribution in [0.4, 0.5) is 0 Å². The average Bonchev–Trinajstić information content (AvgIpc) is 2.90. The number of rotatable bonds is 4. The molecule has 0 spiro atoms. The maximum absolute atomic E-state index is 12.0. The molecule has 2 aliphatic rings. The molecule has 1 unspecified atom stereocenters. The topological polar surface area (TPSA) is 76.4 Å². The number of carbonyl (C=O) groups is 2. The number of thioether (sulfide) groups is 1. The quantitative estimate of drug-likeness (QED) is 0.831. The van der Waals surface area contributed by atoms with Gasteiger partial charge in [0.15, 0.2) is 5.78 Å². The normalized spacial score (nSPS) is 32.5. The number of amides is 1. The summed E-state index contributed by atoms with van der Waals surface area (Å²) in [6.07, 6.45) is 3.51. The molecular formula is C15H24N4O2S. The zero-order valence-corrected chi connectivity index (χ0v) is 14.2. The second-order valence-corrected chi connectivity index (χ2v) is 7.37. The monoisotopic (exact) mass is 324 g/mol. The van der Waals surface area contributed by atoms with Crippen molar-refractivity contribution in [2.75, 3.05) is 19.8 Å². The van der Waals surface area contributed by atoms with E-state index in [1.54, 1.807) is 25.9 Å². The molecule has 122 valence electrons. The van der Waals surface area contributed by atoms with E-state index in [9.17, 15) is 14.9 Å². The van der Waals surface area contributed by atoms with E-state index < -0.39 is 0 Å². The Kier molecular flexibility index (Phi) is 5.84. The van der Waals surface area contributed by atoms with Crippen molar-refractivity contribution in [2.45, 2.75) is 50.1 Å². The Morgan fingerprint density at radius 2 is 1.91 bits per heavy atom. The number of Topliss-reactive ketones (excluding diaryl/α,β-unsaturated/α-hetero) is 1. The first kappa shape index (κ1) is 17.3. The second kappa shape index (κ2) is 7.44. The van der Waals surface area contributed by atoms with Crippen molar-refractivity contribution in [3.05, 3.63) is 0 Å². The number of nitrogens with one attached hydrogen (secondary N) is 1. The van der Waals surface area contributed by atoms with Crippen LogP contribution in [0.1, 0.15) is 32.6 Å². The van der Waals surface area contributed by atoms with Gasteiger partial charge in [0.25, 0.3) is 0 Å². The Morgan fingerprint density at radius 1 is 1.27 bits per heavy atom. The van der Waals surface area contributed by atoms with Crippen molar-refractivity contribution in [1.29, 1.82) is 5.26 Å². The molecular weight excluding hydrogens is 300 g/mol. The zero-order chi connectivity index (χ0) is 16.3. The minimum Gasteiger partial charge on any atom is -0.349 e. The van der Waals surface area contributed by atoms with Crippen molar-refractivity contribution in [3.63, 3.8) is 0 Å². The molecule has 1 aliphatic carbocycles. The van der Waals surface area contributed by atoms with Crippen LogP contribution in [0.5, 0.6) is 0 Å². The molecule has 2 rings (SSSR count). The van der Waals surface area contributed by atoms with E-state index in [-0.39, 0.29) is 35.1 Å². The van der Waals surface area contributed by atoms with Crippen LogP contribution in [0.2, 0.25) is 0 Å². The van der Waals surface area contributed by atoms with Crippen LogP contribution < -0.4 is 5.43 Å². The van der Waals surface area contributed by atoms with Crippen molar-refractivity contribution in [1.82, 2.24) is 15.3 Å². The highest BCUT2D eigenvalue weighted by atomic mass is 32.2. The molecule has 22 heavy (non-hydrogen) atoms. The van der Waals surface area contributed by atoms with Gasteiger partial charge in [0.2, 0.25) is 5.91 Å². The van der Waals surface area contributed by atoms with Crippen LogP contribution in [-0.4, -0.2) is 58.9 Å². The molecule has 1 aliphatic heterocycles. The summed E-state index contributed by atoms with van der Waals surface area (Å²) in [6.45, 7) is 1.57. The lowest BCUT2D eigenvalue weighted by molar-refractivity contribution is -0.134. The number of nitriles is 1. The Labute approximate surface area is 136 Å². The van der Waals surface area contributed by atoms with E-state index in [1.165, 1.54) is 11.8 Å². The fraction of sp³-hybridized carbons (Fsp3) is 0.800. The van der Waals surface area contributed by atoms with Gasteiger partial charge >= 0.3 is 0 Å². The molecule has 1 heterocycles. The molecule has 7 heteroatoms. The van der Waals surface area contributed by atoms with Crippen LogP contribution in [0, 0.1) is 17.2 Å². The lowest BCUT2D eigenvalue weighted by Crippen LogP contribution is -2.53. The minimum absolute atomic E-state index is 0.0757. The molecule has 0 radical (unpaired) electrons. The van der Waals surface area contributed by atoms with E-state index in [0.29, 0.717) is 5.75 Å². The van der Waals surface area contributed by atoms with Gasteiger partial charge in [-0.25, -0.2) is 10.4 Å². The standard InChI is InChI=1S/C15H24N4O2S/c1-10(20)15-19(13(8-16)9-22-15)17-12-6-4-11(5-7-12)14(21)18(2)3/h11-13,15,17H,4-7,9H2,1-3H3/t11?,12?,13?,15-/m1/s1. The van der Waals surface area contributed by atoms with Crippen LogP contribution in [0.25, 0.3) is 0 Å². The summed E-state index contributed by atoms with van der Waals surface area (Å²) in [5.74, 6) is 1.04. The zero-order valence-electron chi connectivity index (χ0n) is 13.4. The fourth-order valence-electron chi connectivity index (χ4n) is 3.12. The van der Waals surface area contributed by atoms with Crippen molar-refractivity contribution in [3.8, 4) is 6.07 Å². The third-order valence-electron chi connectivity index (χ3n) is 4.35. The maximum atomic E-state index is 12.0. The van der Waals surface area contributed by atoms with Crippen molar-refractivity contribution in [2.24, 2.45) is 5.92 Å². The summed E-state index contributed by atoms with van der Waals surface area (Å²) >= 11 is 1.52. The van der Waals surface area contributed by atoms with Gasteiger partial charge in [0.05, 0.1) is 6.07 Å². The smallest absolute Gasteiger partial charge is 0.225 e. The highest BCUT2D eigenvalue weighted by Gasteiger charge is 2.39. The molecule has 0 bridgehead atoms. The highest BCUT2D eigenvalue weighted by molar-refractivity contribution is 8.00. The first-order valence-corrected chi connectivity index (χ1v) is 8.76. The van der Waals surface area contributed by atoms with Gasteiger partial charge in [0.1, 0.15) is 11.4 Å². The van der Waals surface area contributed by atoms with E-state index >= 15 is 0 Å². The summed E-state index contributed by atoms with van der Waals surface area (Å²) in [6, 6.07) is 2.23. The number of hydrogen-bond acceptors (Lipinski definition) is 6. The van der Waals surface area contributed by atoms with Gasteiger partial charge in [-0.05, 0) is 32.6 Å². The summed E-state index contributed by atoms with van der Waals surface area (Å²) in [5.41, 5.74) is 3.38. The fourth-order valence-corrected chi connectivity index (χ4v) is 4.32. The minimum atomic E-state index is -0.272. The van der Waals surface area contributed by atoms with E-state index in [2.05, 4.69) is 11.5 Å². The van der Waals surface area contributed by atoms with Crippen LogP contribution in [0.3, 0.4) is 0 Å². The van der Waals surface area contributed by atoms with Crippen LogP contribution >= 0.6 is 11.8 Å². The average molecular weight is 324 g/mol. The molecule has 1 N–H and O–H groups in total. The Balaban J connectivity index is 1.90. The maximum Gasteiger partial charge on any atom is 0.225 e. The Morgan fingerprint density at radius 3 is 2.41 bits per heavy atom. The summed E-state index contributed by atoms with van der Waals surface area (Å²) < 4.78 is 0. The van der Waals surface area contributed by atoms with Crippen LogP contribution in [-0.2, 0) is 9.59 Å². The van der Waals surface area contributed by atoms with Crippen molar-refractivity contribution < 1.29 is 9.59 Å². The number of carbonyl (C=O) groups excluding carboxylic acids is 2. The number of nitrogens with zero attached hydrogens (tertiary/aromatic N) is 3. The number of hydrazine groups is 1. The Bertz CT molecular complexity index is 469. The molecule has 1 saturated carbocycles. The molecule has 1 saturated heterocycles. The molecule has 2 fully saturated rings. The lowest BCUT2D eigenvalue weighted by Gasteiger charge is -2.34.